The second-order valence-corrected chi connectivity index (χ2v) is 5.91. The number of carbonyl (C=O) groups excluding carboxylic acids is 1. The third kappa shape index (κ3) is 5.72. The Morgan fingerprint density at radius 2 is 1.95 bits per heavy atom. The van der Waals surface area contributed by atoms with Gasteiger partial charge in [0.15, 0.2) is 0 Å². The molecule has 6 nitrogen and oxygen atoms in total. The zero-order valence-electron chi connectivity index (χ0n) is 12.8. The fourth-order valence-corrected chi connectivity index (χ4v) is 1.66. The molecule has 0 fully saturated rings. The van der Waals surface area contributed by atoms with E-state index in [4.69, 9.17) is 9.84 Å². The van der Waals surface area contributed by atoms with Crippen LogP contribution < -0.4 is 15.4 Å². The fourth-order valence-electron chi connectivity index (χ4n) is 1.66. The van der Waals surface area contributed by atoms with Gasteiger partial charge < -0.3 is 20.5 Å². The summed E-state index contributed by atoms with van der Waals surface area (Å²) >= 11 is 0. The maximum atomic E-state index is 11.8. The molecule has 0 bridgehead atoms. The van der Waals surface area contributed by atoms with Crippen molar-refractivity contribution in [1.82, 2.24) is 5.32 Å². The molecule has 1 aromatic carbocycles. The van der Waals surface area contributed by atoms with Gasteiger partial charge in [0.25, 0.3) is 0 Å². The van der Waals surface area contributed by atoms with Crippen LogP contribution in [0.3, 0.4) is 0 Å². The van der Waals surface area contributed by atoms with Crippen molar-refractivity contribution in [2.45, 2.75) is 27.2 Å². The highest BCUT2D eigenvalue weighted by molar-refractivity contribution is 5.94. The number of anilines is 1. The van der Waals surface area contributed by atoms with Gasteiger partial charge in [0, 0.05) is 6.54 Å². The first-order valence-corrected chi connectivity index (χ1v) is 6.69. The van der Waals surface area contributed by atoms with Gasteiger partial charge in [0.05, 0.1) is 18.4 Å². The van der Waals surface area contributed by atoms with Crippen molar-refractivity contribution in [3.63, 3.8) is 0 Å². The Morgan fingerprint density at radius 1 is 1.29 bits per heavy atom. The quantitative estimate of drug-likeness (QED) is 0.779. The van der Waals surface area contributed by atoms with Crippen molar-refractivity contribution < 1.29 is 19.4 Å². The number of nitrogens with one attached hydrogen (secondary N) is 2. The lowest BCUT2D eigenvalue weighted by molar-refractivity contribution is 0.0697. The van der Waals surface area contributed by atoms with E-state index in [2.05, 4.69) is 31.4 Å². The lowest BCUT2D eigenvalue weighted by Gasteiger charge is -2.18. The van der Waals surface area contributed by atoms with Gasteiger partial charge in [-0.05, 0) is 30.0 Å². The van der Waals surface area contributed by atoms with E-state index in [0.717, 1.165) is 6.42 Å². The Labute approximate surface area is 124 Å². The molecule has 3 N–H and O–H groups in total. The third-order valence-corrected chi connectivity index (χ3v) is 2.86. The number of rotatable bonds is 5. The molecule has 0 radical (unpaired) electrons. The van der Waals surface area contributed by atoms with Crippen molar-refractivity contribution in [2.24, 2.45) is 5.41 Å². The van der Waals surface area contributed by atoms with Crippen LogP contribution in [0.15, 0.2) is 18.2 Å². The maximum absolute atomic E-state index is 11.8. The Hall–Kier alpha value is -2.24. The SMILES string of the molecule is COc1ccc(C(=O)O)cc1NC(=O)NCCC(C)(C)C. The minimum absolute atomic E-state index is 0.0841. The lowest BCUT2D eigenvalue weighted by atomic mass is 9.92. The molecule has 1 aromatic rings. The second-order valence-electron chi connectivity index (χ2n) is 5.91. The monoisotopic (exact) mass is 294 g/mol. The molecule has 0 atom stereocenters. The highest BCUT2D eigenvalue weighted by Crippen LogP contribution is 2.25. The normalized spacial score (nSPS) is 10.9. The number of carboxylic acids is 1. The minimum atomic E-state index is -1.06. The van der Waals surface area contributed by atoms with Crippen LogP contribution in [-0.2, 0) is 0 Å². The van der Waals surface area contributed by atoms with E-state index in [1.165, 1.54) is 25.3 Å². The van der Waals surface area contributed by atoms with E-state index in [1.807, 2.05) is 0 Å². The van der Waals surface area contributed by atoms with E-state index in [1.54, 1.807) is 0 Å². The Morgan fingerprint density at radius 3 is 2.48 bits per heavy atom. The van der Waals surface area contributed by atoms with Crippen molar-refractivity contribution >= 4 is 17.7 Å². The number of carboxylic acid groups (broad SMARTS) is 1. The highest BCUT2D eigenvalue weighted by Gasteiger charge is 2.13. The Kier molecular flexibility index (Phi) is 5.58. The number of benzene rings is 1. The summed E-state index contributed by atoms with van der Waals surface area (Å²) in [6, 6.07) is 3.91. The first-order chi connectivity index (χ1) is 9.73. The van der Waals surface area contributed by atoms with Crippen molar-refractivity contribution in [2.75, 3.05) is 19.0 Å². The molecular formula is C15H22N2O4. The maximum Gasteiger partial charge on any atom is 0.335 e. The van der Waals surface area contributed by atoms with E-state index in [-0.39, 0.29) is 17.0 Å². The van der Waals surface area contributed by atoms with Crippen molar-refractivity contribution in [1.29, 1.82) is 0 Å². The number of hydrogen-bond donors (Lipinski definition) is 3. The largest absolute Gasteiger partial charge is 0.495 e. The number of methoxy groups -OCH3 is 1. The molecule has 0 aliphatic heterocycles. The zero-order valence-corrected chi connectivity index (χ0v) is 12.8. The standard InChI is InChI=1S/C15H22N2O4/c1-15(2,3)7-8-16-14(20)17-11-9-10(13(18)19)5-6-12(11)21-4/h5-6,9H,7-8H2,1-4H3,(H,18,19)(H2,16,17,20). The topological polar surface area (TPSA) is 87.7 Å². The van der Waals surface area contributed by atoms with Crippen LogP contribution in [-0.4, -0.2) is 30.8 Å². The molecule has 6 heteroatoms. The molecule has 2 amide bonds. The predicted molar refractivity (Wildman–Crippen MR) is 81.0 cm³/mol. The zero-order chi connectivity index (χ0) is 16.0. The summed E-state index contributed by atoms with van der Waals surface area (Å²) in [5, 5.41) is 14.3. The minimum Gasteiger partial charge on any atom is -0.495 e. The number of hydrogen-bond acceptors (Lipinski definition) is 3. The molecule has 116 valence electrons. The van der Waals surface area contributed by atoms with Crippen LogP contribution >= 0.6 is 0 Å². The predicted octanol–water partition coefficient (Wildman–Crippen LogP) is 2.95. The molecule has 1 rings (SSSR count). The summed E-state index contributed by atoms with van der Waals surface area (Å²) < 4.78 is 5.10. The third-order valence-electron chi connectivity index (χ3n) is 2.86. The average Bonchev–Trinajstić information content (AvgIpc) is 2.36. The summed E-state index contributed by atoms with van der Waals surface area (Å²) in [7, 11) is 1.46. The van der Waals surface area contributed by atoms with Crippen LogP contribution in [0.4, 0.5) is 10.5 Å². The van der Waals surface area contributed by atoms with Gasteiger partial charge in [-0.2, -0.15) is 0 Å². The molecule has 0 unspecified atom stereocenters. The average molecular weight is 294 g/mol. The van der Waals surface area contributed by atoms with Crippen molar-refractivity contribution in [3.8, 4) is 5.75 Å². The number of ether oxygens (including phenoxy) is 1. The summed E-state index contributed by atoms with van der Waals surface area (Å²) in [4.78, 5) is 22.8. The first kappa shape index (κ1) is 16.8. The summed E-state index contributed by atoms with van der Waals surface area (Å²) in [5.74, 6) is -0.653. The van der Waals surface area contributed by atoms with Crippen molar-refractivity contribution in [3.05, 3.63) is 23.8 Å². The van der Waals surface area contributed by atoms with Crippen LogP contribution in [0, 0.1) is 5.41 Å². The van der Waals surface area contributed by atoms with Gasteiger partial charge in [-0.3, -0.25) is 0 Å². The second kappa shape index (κ2) is 6.97. The van der Waals surface area contributed by atoms with E-state index >= 15 is 0 Å². The van der Waals surface area contributed by atoms with Gasteiger partial charge in [-0.15, -0.1) is 0 Å². The summed E-state index contributed by atoms with van der Waals surface area (Å²) in [6.07, 6.45) is 0.840. The van der Waals surface area contributed by atoms with Gasteiger partial charge in [0.1, 0.15) is 5.75 Å². The van der Waals surface area contributed by atoms with E-state index < -0.39 is 5.97 Å². The molecule has 0 saturated heterocycles. The molecule has 0 aliphatic rings. The molecule has 0 spiro atoms. The molecule has 0 aliphatic carbocycles. The van der Waals surface area contributed by atoms with E-state index in [9.17, 15) is 9.59 Å². The molecule has 0 aromatic heterocycles. The number of aromatic carboxylic acids is 1. The molecular weight excluding hydrogens is 272 g/mol. The Bertz CT molecular complexity index is 521. The smallest absolute Gasteiger partial charge is 0.335 e. The number of urea groups is 1. The van der Waals surface area contributed by atoms with Gasteiger partial charge in [-0.1, -0.05) is 20.8 Å². The van der Waals surface area contributed by atoms with Crippen LogP contribution in [0.1, 0.15) is 37.6 Å². The lowest BCUT2D eigenvalue weighted by Crippen LogP contribution is -2.31. The molecule has 21 heavy (non-hydrogen) atoms. The number of carbonyl (C=O) groups is 2. The summed E-state index contributed by atoms with van der Waals surface area (Å²) in [5.41, 5.74) is 0.542. The molecule has 0 heterocycles. The summed E-state index contributed by atoms with van der Waals surface area (Å²) in [6.45, 7) is 6.81. The van der Waals surface area contributed by atoms with Crippen LogP contribution in [0.5, 0.6) is 5.75 Å². The Balaban J connectivity index is 2.70. The highest BCUT2D eigenvalue weighted by atomic mass is 16.5. The van der Waals surface area contributed by atoms with Gasteiger partial charge >= 0.3 is 12.0 Å². The first-order valence-electron chi connectivity index (χ1n) is 6.69. The molecule has 0 saturated carbocycles. The van der Waals surface area contributed by atoms with E-state index in [0.29, 0.717) is 18.0 Å². The number of amides is 2. The van der Waals surface area contributed by atoms with Crippen LogP contribution in [0.2, 0.25) is 0 Å². The fraction of sp³-hybridized carbons (Fsp3) is 0.467. The van der Waals surface area contributed by atoms with Crippen LogP contribution in [0.25, 0.3) is 0 Å². The van der Waals surface area contributed by atoms with Gasteiger partial charge in [-0.25, -0.2) is 9.59 Å². The van der Waals surface area contributed by atoms with Gasteiger partial charge in [0.2, 0.25) is 0 Å².